The molecule has 2 aromatic rings. The number of rotatable bonds is 4. The molecule has 6 heteroatoms. The first-order valence-electron chi connectivity index (χ1n) is 6.41. The number of nitrogens with two attached hydrogens (primary N) is 1. The number of hydrogen-bond acceptors (Lipinski definition) is 5. The highest BCUT2D eigenvalue weighted by atomic mass is 32.1. The zero-order chi connectivity index (χ0) is 14.8. The second-order valence-corrected chi connectivity index (χ2v) is 6.68. The van der Waals surface area contributed by atoms with E-state index in [1.54, 1.807) is 17.5 Å². The molecule has 0 radical (unpaired) electrons. The number of hydrazine groups is 1. The average molecular weight is 294 g/mol. The van der Waals surface area contributed by atoms with Gasteiger partial charge in [-0.1, -0.05) is 20.8 Å². The van der Waals surface area contributed by atoms with Crippen molar-refractivity contribution in [3.63, 3.8) is 0 Å². The van der Waals surface area contributed by atoms with Crippen LogP contribution in [-0.4, -0.2) is 9.97 Å². The molecular formula is C14H19FN4S. The highest BCUT2D eigenvalue weighted by Gasteiger charge is 2.19. The smallest absolute Gasteiger partial charge is 0.141 e. The van der Waals surface area contributed by atoms with Crippen molar-refractivity contribution in [1.82, 2.24) is 15.4 Å². The maximum absolute atomic E-state index is 13.2. The molecule has 0 aliphatic rings. The molecule has 0 amide bonds. The number of hydrogen-bond donors (Lipinski definition) is 2. The maximum Gasteiger partial charge on any atom is 0.141 e. The zero-order valence-electron chi connectivity index (χ0n) is 11.9. The average Bonchev–Trinajstić information content (AvgIpc) is 2.84. The lowest BCUT2D eigenvalue weighted by molar-refractivity contribution is 0.533. The summed E-state index contributed by atoms with van der Waals surface area (Å²) in [5.74, 6) is 5.21. The molecular weight excluding hydrogens is 275 g/mol. The molecule has 0 spiro atoms. The second kappa shape index (κ2) is 5.95. The summed E-state index contributed by atoms with van der Waals surface area (Å²) in [5, 5.41) is 3.04. The Hall–Kier alpha value is -1.37. The normalized spacial score (nSPS) is 13.4. The molecule has 108 valence electrons. The minimum atomic E-state index is -0.364. The highest BCUT2D eigenvalue weighted by Crippen LogP contribution is 2.26. The van der Waals surface area contributed by atoms with E-state index < -0.39 is 0 Å². The summed E-state index contributed by atoms with van der Waals surface area (Å²) in [6, 6.07) is 1.24. The van der Waals surface area contributed by atoms with E-state index in [2.05, 4.69) is 41.5 Å². The Morgan fingerprint density at radius 3 is 2.70 bits per heavy atom. The Kier molecular flexibility index (Phi) is 4.47. The van der Waals surface area contributed by atoms with Gasteiger partial charge in [0.15, 0.2) is 0 Å². The summed E-state index contributed by atoms with van der Waals surface area (Å²) in [5.41, 5.74) is 4.51. The Labute approximate surface area is 122 Å². The zero-order valence-corrected chi connectivity index (χ0v) is 12.7. The highest BCUT2D eigenvalue weighted by molar-refractivity contribution is 7.09. The summed E-state index contributed by atoms with van der Waals surface area (Å²) in [7, 11) is 0. The molecule has 0 aliphatic carbocycles. The van der Waals surface area contributed by atoms with Gasteiger partial charge in [-0.25, -0.2) is 9.37 Å². The van der Waals surface area contributed by atoms with Crippen LogP contribution in [0.2, 0.25) is 0 Å². The predicted octanol–water partition coefficient (Wildman–Crippen LogP) is 2.72. The molecule has 0 fully saturated rings. The van der Waals surface area contributed by atoms with Crippen LogP contribution in [-0.2, 0) is 11.8 Å². The van der Waals surface area contributed by atoms with Crippen LogP contribution < -0.4 is 11.3 Å². The minimum absolute atomic E-state index is 0.0286. The van der Waals surface area contributed by atoms with Gasteiger partial charge >= 0.3 is 0 Å². The summed E-state index contributed by atoms with van der Waals surface area (Å²) in [6.45, 7) is 6.38. The van der Waals surface area contributed by atoms with E-state index in [0.29, 0.717) is 6.42 Å². The minimum Gasteiger partial charge on any atom is -0.271 e. The molecule has 2 rings (SSSR count). The fraction of sp³-hybridized carbons (Fsp3) is 0.429. The van der Waals surface area contributed by atoms with Crippen molar-refractivity contribution in [1.29, 1.82) is 0 Å². The fourth-order valence-electron chi connectivity index (χ4n) is 1.82. The Bertz CT molecular complexity index is 577. The standard InChI is InChI=1S/C14H19FN4S/c1-14(2,3)12-8-20-13(18-12)5-11(19-16)9-4-10(15)7-17-6-9/h4,6-8,11,19H,5,16H2,1-3H3. The Morgan fingerprint density at radius 1 is 1.40 bits per heavy atom. The van der Waals surface area contributed by atoms with Gasteiger partial charge in [0, 0.05) is 23.4 Å². The second-order valence-electron chi connectivity index (χ2n) is 5.74. The molecule has 4 nitrogen and oxygen atoms in total. The number of nitrogens with zero attached hydrogens (tertiary/aromatic N) is 2. The molecule has 0 bridgehead atoms. The van der Waals surface area contributed by atoms with E-state index in [1.807, 2.05) is 0 Å². The lowest BCUT2D eigenvalue weighted by atomic mass is 9.93. The molecule has 0 aliphatic heterocycles. The van der Waals surface area contributed by atoms with Gasteiger partial charge in [0.05, 0.1) is 22.9 Å². The van der Waals surface area contributed by atoms with Gasteiger partial charge in [-0.05, 0) is 11.6 Å². The quantitative estimate of drug-likeness (QED) is 0.672. The largest absolute Gasteiger partial charge is 0.271 e. The Morgan fingerprint density at radius 2 is 2.15 bits per heavy atom. The molecule has 0 saturated heterocycles. The molecule has 1 unspecified atom stereocenters. The summed E-state index contributed by atoms with van der Waals surface area (Å²) >= 11 is 1.60. The van der Waals surface area contributed by atoms with E-state index in [-0.39, 0.29) is 17.3 Å². The van der Waals surface area contributed by atoms with E-state index >= 15 is 0 Å². The van der Waals surface area contributed by atoms with Crippen LogP contribution in [0.3, 0.4) is 0 Å². The van der Waals surface area contributed by atoms with E-state index in [9.17, 15) is 4.39 Å². The summed E-state index contributed by atoms with van der Waals surface area (Å²) in [4.78, 5) is 8.48. The SMILES string of the molecule is CC(C)(C)c1csc(CC(NN)c2cncc(F)c2)n1. The van der Waals surface area contributed by atoms with Crippen LogP contribution in [0.25, 0.3) is 0 Å². The van der Waals surface area contributed by atoms with Gasteiger partial charge in [-0.15, -0.1) is 11.3 Å². The van der Waals surface area contributed by atoms with Crippen LogP contribution in [0.5, 0.6) is 0 Å². The van der Waals surface area contributed by atoms with Crippen molar-refractivity contribution in [3.05, 3.63) is 45.9 Å². The van der Waals surface area contributed by atoms with Crippen molar-refractivity contribution in [3.8, 4) is 0 Å². The maximum atomic E-state index is 13.2. The molecule has 2 heterocycles. The van der Waals surface area contributed by atoms with Gasteiger partial charge in [-0.3, -0.25) is 16.3 Å². The van der Waals surface area contributed by atoms with Crippen molar-refractivity contribution in [2.24, 2.45) is 5.84 Å². The number of pyridine rings is 1. The van der Waals surface area contributed by atoms with E-state index in [1.165, 1.54) is 12.3 Å². The Balaban J connectivity index is 2.16. The van der Waals surface area contributed by atoms with Gasteiger partial charge in [0.25, 0.3) is 0 Å². The van der Waals surface area contributed by atoms with Crippen LogP contribution in [0.1, 0.15) is 43.1 Å². The summed E-state index contributed by atoms with van der Waals surface area (Å²) < 4.78 is 13.2. The van der Waals surface area contributed by atoms with E-state index in [0.717, 1.165) is 16.3 Å². The summed E-state index contributed by atoms with van der Waals surface area (Å²) in [6.07, 6.45) is 3.41. The monoisotopic (exact) mass is 294 g/mol. The first kappa shape index (κ1) is 15.0. The third kappa shape index (κ3) is 3.59. The number of thiazole rings is 1. The van der Waals surface area contributed by atoms with Crippen molar-refractivity contribution >= 4 is 11.3 Å². The number of aromatic nitrogens is 2. The molecule has 1 atom stereocenters. The number of nitrogens with one attached hydrogen (secondary N) is 1. The third-order valence-electron chi connectivity index (χ3n) is 3.03. The topological polar surface area (TPSA) is 63.8 Å². The van der Waals surface area contributed by atoms with Gasteiger partial charge in [0.2, 0.25) is 0 Å². The van der Waals surface area contributed by atoms with Crippen LogP contribution >= 0.6 is 11.3 Å². The van der Waals surface area contributed by atoms with Crippen molar-refractivity contribution in [2.45, 2.75) is 38.6 Å². The van der Waals surface area contributed by atoms with Crippen LogP contribution in [0, 0.1) is 5.82 Å². The first-order valence-corrected chi connectivity index (χ1v) is 7.29. The van der Waals surface area contributed by atoms with Crippen molar-refractivity contribution < 1.29 is 4.39 Å². The van der Waals surface area contributed by atoms with Crippen LogP contribution in [0.15, 0.2) is 23.8 Å². The third-order valence-corrected chi connectivity index (χ3v) is 3.90. The van der Waals surface area contributed by atoms with Gasteiger partial charge in [0.1, 0.15) is 5.82 Å². The van der Waals surface area contributed by atoms with Crippen LogP contribution in [0.4, 0.5) is 4.39 Å². The molecule has 0 aromatic carbocycles. The first-order chi connectivity index (χ1) is 9.40. The number of halogens is 1. The molecule has 3 N–H and O–H groups in total. The van der Waals surface area contributed by atoms with E-state index in [4.69, 9.17) is 5.84 Å². The molecule has 20 heavy (non-hydrogen) atoms. The lowest BCUT2D eigenvalue weighted by Gasteiger charge is -2.16. The van der Waals surface area contributed by atoms with Gasteiger partial charge in [-0.2, -0.15) is 0 Å². The predicted molar refractivity (Wildman–Crippen MR) is 78.8 cm³/mol. The van der Waals surface area contributed by atoms with Gasteiger partial charge < -0.3 is 0 Å². The lowest BCUT2D eigenvalue weighted by Crippen LogP contribution is -2.29. The molecule has 0 saturated carbocycles. The van der Waals surface area contributed by atoms with Crippen molar-refractivity contribution in [2.75, 3.05) is 0 Å². The fourth-order valence-corrected chi connectivity index (χ4v) is 2.88. The molecule has 2 aromatic heterocycles.